The van der Waals surface area contributed by atoms with Gasteiger partial charge in [0.05, 0.1) is 29.8 Å². The van der Waals surface area contributed by atoms with Crippen molar-refractivity contribution in [3.63, 3.8) is 0 Å². The van der Waals surface area contributed by atoms with Crippen molar-refractivity contribution in [2.75, 3.05) is 24.4 Å². The van der Waals surface area contributed by atoms with Gasteiger partial charge < -0.3 is 19.7 Å². The summed E-state index contributed by atoms with van der Waals surface area (Å²) in [5.41, 5.74) is 2.93. The van der Waals surface area contributed by atoms with Crippen molar-refractivity contribution in [3.8, 4) is 0 Å². The van der Waals surface area contributed by atoms with Crippen LogP contribution in [0.5, 0.6) is 0 Å². The second-order valence-corrected chi connectivity index (χ2v) is 11.8. The van der Waals surface area contributed by atoms with Crippen LogP contribution < -0.4 is 4.72 Å². The van der Waals surface area contributed by atoms with Crippen molar-refractivity contribution in [1.82, 2.24) is 4.90 Å². The van der Waals surface area contributed by atoms with Gasteiger partial charge in [-0.25, -0.2) is 8.42 Å². The number of anilines is 1. The zero-order valence-electron chi connectivity index (χ0n) is 21.3. The van der Waals surface area contributed by atoms with E-state index in [1.54, 1.807) is 48.5 Å². The highest BCUT2D eigenvalue weighted by Gasteiger charge is 2.40. The van der Waals surface area contributed by atoms with Crippen molar-refractivity contribution in [2.45, 2.75) is 49.4 Å². The van der Waals surface area contributed by atoms with Crippen molar-refractivity contribution < 1.29 is 28.1 Å². The lowest BCUT2D eigenvalue weighted by Gasteiger charge is -2.42. The molecule has 2 aliphatic rings. The van der Waals surface area contributed by atoms with E-state index in [9.17, 15) is 18.6 Å². The fourth-order valence-electron chi connectivity index (χ4n) is 5.12. The lowest BCUT2D eigenvalue weighted by molar-refractivity contribution is -0.276. The van der Waals surface area contributed by atoms with E-state index in [-0.39, 0.29) is 35.7 Å². The van der Waals surface area contributed by atoms with Crippen LogP contribution in [0.25, 0.3) is 0 Å². The minimum Gasteiger partial charge on any atom is -0.392 e. The van der Waals surface area contributed by atoms with Gasteiger partial charge in [0.1, 0.15) is 0 Å². The molecule has 0 bridgehead atoms. The molecule has 3 aromatic carbocycles. The van der Waals surface area contributed by atoms with Crippen LogP contribution in [0.2, 0.25) is 0 Å². The summed E-state index contributed by atoms with van der Waals surface area (Å²) in [6.45, 7) is 4.15. The molecule has 8 nitrogen and oxygen atoms in total. The Hall–Kier alpha value is -2.79. The summed E-state index contributed by atoms with van der Waals surface area (Å²) < 4.78 is 41.4. The number of nitrogens with zero attached hydrogens (tertiary/aromatic N) is 1. The number of aliphatic hydroxyl groups excluding tert-OH is 2. The van der Waals surface area contributed by atoms with E-state index in [4.69, 9.17) is 9.47 Å². The van der Waals surface area contributed by atoms with Crippen LogP contribution in [0.4, 0.5) is 5.69 Å². The summed E-state index contributed by atoms with van der Waals surface area (Å²) in [5.74, 6) is 0.0173. The Morgan fingerprint density at radius 2 is 1.74 bits per heavy atom. The van der Waals surface area contributed by atoms with Crippen LogP contribution in [0.3, 0.4) is 0 Å². The Labute approximate surface area is 223 Å². The molecule has 0 aliphatic carbocycles. The van der Waals surface area contributed by atoms with Crippen LogP contribution in [0.15, 0.2) is 83.8 Å². The van der Waals surface area contributed by atoms with Crippen LogP contribution in [0.1, 0.15) is 42.4 Å². The highest BCUT2D eigenvalue weighted by atomic mass is 32.2. The molecule has 2 aliphatic heterocycles. The number of hydrogen-bond donors (Lipinski definition) is 3. The standard InChI is InChI=1S/C29H34N2O6S/c1-20-27(18-31-15-14-25(33)17-31)36-29(37-28(20)22-12-10-21(19-32)11-13-22)23-6-5-7-24(16-23)30-38(34,35)26-8-3-2-4-9-26/h2-13,16,20,25,27-30,32-33H,14-15,17-19H2,1H3/t20-,25+,27+,28+,29+/m1/s1. The van der Waals surface area contributed by atoms with Crippen LogP contribution in [-0.4, -0.2) is 55.4 Å². The summed E-state index contributed by atoms with van der Waals surface area (Å²) in [7, 11) is -3.74. The van der Waals surface area contributed by atoms with Gasteiger partial charge in [-0.2, -0.15) is 0 Å². The first-order valence-corrected chi connectivity index (χ1v) is 14.4. The van der Waals surface area contributed by atoms with E-state index in [0.717, 1.165) is 24.1 Å². The molecule has 0 unspecified atom stereocenters. The lowest BCUT2D eigenvalue weighted by atomic mass is 9.90. The molecule has 3 N–H and O–H groups in total. The smallest absolute Gasteiger partial charge is 0.261 e. The number of hydrogen-bond acceptors (Lipinski definition) is 7. The van der Waals surface area contributed by atoms with E-state index >= 15 is 0 Å². The highest BCUT2D eigenvalue weighted by Crippen LogP contribution is 2.42. The Morgan fingerprint density at radius 3 is 2.42 bits per heavy atom. The molecular formula is C29H34N2O6S. The topological polar surface area (TPSA) is 108 Å². The summed E-state index contributed by atoms with van der Waals surface area (Å²) in [4.78, 5) is 2.40. The van der Waals surface area contributed by atoms with Gasteiger partial charge in [0.15, 0.2) is 6.29 Å². The minimum absolute atomic E-state index is 0.0173. The van der Waals surface area contributed by atoms with Gasteiger partial charge in [-0.15, -0.1) is 0 Å². The summed E-state index contributed by atoms with van der Waals surface area (Å²) >= 11 is 0. The van der Waals surface area contributed by atoms with E-state index in [1.807, 2.05) is 30.3 Å². The molecule has 0 spiro atoms. The van der Waals surface area contributed by atoms with E-state index in [1.165, 1.54) is 0 Å². The van der Waals surface area contributed by atoms with E-state index in [0.29, 0.717) is 24.3 Å². The third-order valence-corrected chi connectivity index (χ3v) is 8.67. The number of aliphatic hydroxyl groups is 2. The third kappa shape index (κ3) is 6.09. The average Bonchev–Trinajstić information content (AvgIpc) is 3.34. The first kappa shape index (κ1) is 26.8. The van der Waals surface area contributed by atoms with Crippen LogP contribution in [0, 0.1) is 5.92 Å². The SMILES string of the molecule is C[C@@H]1[C@H](CN2CC[C@H](O)C2)O[C@H](c2cccc(NS(=O)(=O)c3ccccc3)c2)O[C@@H]1c1ccc(CO)cc1. The van der Waals surface area contributed by atoms with Gasteiger partial charge in [-0.1, -0.05) is 61.5 Å². The first-order chi connectivity index (χ1) is 18.3. The zero-order valence-corrected chi connectivity index (χ0v) is 22.1. The Balaban J connectivity index is 1.41. The van der Waals surface area contributed by atoms with Gasteiger partial charge in [0, 0.05) is 36.8 Å². The molecule has 2 heterocycles. The maximum Gasteiger partial charge on any atom is 0.261 e. The molecule has 2 fully saturated rings. The second-order valence-electron chi connectivity index (χ2n) is 10.1. The van der Waals surface area contributed by atoms with Crippen molar-refractivity contribution >= 4 is 15.7 Å². The molecule has 2 saturated heterocycles. The molecular weight excluding hydrogens is 504 g/mol. The zero-order chi connectivity index (χ0) is 26.7. The Kier molecular flexibility index (Phi) is 8.13. The molecule has 3 aromatic rings. The maximum atomic E-state index is 12.9. The van der Waals surface area contributed by atoms with Crippen LogP contribution in [-0.2, 0) is 26.1 Å². The normalized spacial score (nSPS) is 26.3. The van der Waals surface area contributed by atoms with Gasteiger partial charge in [0.25, 0.3) is 10.0 Å². The fraction of sp³-hybridized carbons (Fsp3) is 0.379. The molecule has 202 valence electrons. The average molecular weight is 539 g/mol. The van der Waals surface area contributed by atoms with Gasteiger partial charge >= 0.3 is 0 Å². The number of sulfonamides is 1. The van der Waals surface area contributed by atoms with Crippen molar-refractivity contribution in [3.05, 3.63) is 95.6 Å². The summed E-state index contributed by atoms with van der Waals surface area (Å²) in [6, 6.07) is 23.0. The first-order valence-electron chi connectivity index (χ1n) is 12.9. The molecule has 9 heteroatoms. The number of benzene rings is 3. The predicted molar refractivity (Wildman–Crippen MR) is 144 cm³/mol. The van der Waals surface area contributed by atoms with Crippen molar-refractivity contribution in [1.29, 1.82) is 0 Å². The second kappa shape index (κ2) is 11.5. The monoisotopic (exact) mass is 538 g/mol. The third-order valence-electron chi connectivity index (χ3n) is 7.27. The largest absolute Gasteiger partial charge is 0.392 e. The minimum atomic E-state index is -3.74. The molecule has 0 amide bonds. The number of rotatable bonds is 8. The highest BCUT2D eigenvalue weighted by molar-refractivity contribution is 7.92. The Bertz CT molecular complexity index is 1320. The lowest BCUT2D eigenvalue weighted by Crippen LogP contribution is -2.44. The fourth-order valence-corrected chi connectivity index (χ4v) is 6.19. The van der Waals surface area contributed by atoms with E-state index < -0.39 is 16.3 Å². The quantitative estimate of drug-likeness (QED) is 0.400. The number of nitrogens with one attached hydrogen (secondary N) is 1. The molecule has 5 rings (SSSR count). The number of likely N-dealkylation sites (tertiary alicyclic amines) is 1. The van der Waals surface area contributed by atoms with Gasteiger partial charge in [-0.3, -0.25) is 9.62 Å². The van der Waals surface area contributed by atoms with E-state index in [2.05, 4.69) is 16.5 Å². The predicted octanol–water partition coefficient (Wildman–Crippen LogP) is 3.84. The number of β-amino-alcohol motifs (C(OH)–C–C–N with tert-alkyl or cyclic N) is 1. The summed E-state index contributed by atoms with van der Waals surface area (Å²) in [6.07, 6.45) is -0.740. The summed E-state index contributed by atoms with van der Waals surface area (Å²) in [5, 5.41) is 19.5. The molecule has 0 saturated carbocycles. The molecule has 0 aromatic heterocycles. The molecule has 0 radical (unpaired) electrons. The van der Waals surface area contributed by atoms with Crippen LogP contribution >= 0.6 is 0 Å². The maximum absolute atomic E-state index is 12.9. The molecule has 38 heavy (non-hydrogen) atoms. The van der Waals surface area contributed by atoms with Gasteiger partial charge in [-0.05, 0) is 41.8 Å². The van der Waals surface area contributed by atoms with Crippen molar-refractivity contribution in [2.24, 2.45) is 5.92 Å². The Morgan fingerprint density at radius 1 is 0.974 bits per heavy atom. The molecule has 5 atom stereocenters. The number of ether oxygens (including phenoxy) is 2. The van der Waals surface area contributed by atoms with Gasteiger partial charge in [0.2, 0.25) is 0 Å².